The van der Waals surface area contributed by atoms with Gasteiger partial charge in [0, 0.05) is 31.0 Å². The van der Waals surface area contributed by atoms with E-state index in [1.807, 2.05) is 12.1 Å². The van der Waals surface area contributed by atoms with Crippen LogP contribution in [0.25, 0.3) is 0 Å². The van der Waals surface area contributed by atoms with Gasteiger partial charge in [-0.25, -0.2) is 0 Å². The molecule has 5 nitrogen and oxygen atoms in total. The molecule has 0 aliphatic carbocycles. The van der Waals surface area contributed by atoms with Crippen LogP contribution >= 0.6 is 11.6 Å². The number of benzene rings is 1. The molecule has 2 N–H and O–H groups in total. The average molecular weight is 325 g/mol. The number of aliphatic hydroxyl groups is 1. The Balaban J connectivity index is 1.71. The van der Waals surface area contributed by atoms with Gasteiger partial charge in [0.2, 0.25) is 11.8 Å². The summed E-state index contributed by atoms with van der Waals surface area (Å²) in [5, 5.41) is 12.7. The van der Waals surface area contributed by atoms with Crippen LogP contribution in [-0.2, 0) is 16.1 Å². The monoisotopic (exact) mass is 324 g/mol. The molecule has 2 rings (SSSR count). The topological polar surface area (TPSA) is 69.6 Å². The van der Waals surface area contributed by atoms with E-state index in [1.165, 1.54) is 0 Å². The summed E-state index contributed by atoms with van der Waals surface area (Å²) < 4.78 is 0. The Labute approximate surface area is 135 Å². The highest BCUT2D eigenvalue weighted by molar-refractivity contribution is 6.30. The number of nitrogens with zero attached hydrogens (tertiary/aromatic N) is 1. The SMILES string of the molecule is O=C(CCC(=O)N1CCC[C@H]1CO)NCc1ccc(Cl)cc1. The first-order chi connectivity index (χ1) is 10.6. The second kappa shape index (κ2) is 8.15. The van der Waals surface area contributed by atoms with Crippen molar-refractivity contribution in [3.05, 3.63) is 34.9 Å². The molecule has 1 saturated heterocycles. The van der Waals surface area contributed by atoms with Crippen LogP contribution in [0.15, 0.2) is 24.3 Å². The molecule has 1 atom stereocenters. The highest BCUT2D eigenvalue weighted by atomic mass is 35.5. The predicted molar refractivity (Wildman–Crippen MR) is 84.4 cm³/mol. The maximum Gasteiger partial charge on any atom is 0.223 e. The molecule has 2 amide bonds. The van der Waals surface area contributed by atoms with Crippen molar-refractivity contribution in [1.82, 2.24) is 10.2 Å². The van der Waals surface area contributed by atoms with E-state index in [0.29, 0.717) is 18.1 Å². The lowest BCUT2D eigenvalue weighted by atomic mass is 10.2. The number of amides is 2. The average Bonchev–Trinajstić information content (AvgIpc) is 3.00. The minimum Gasteiger partial charge on any atom is -0.394 e. The number of likely N-dealkylation sites (tertiary alicyclic amines) is 1. The maximum atomic E-state index is 12.1. The van der Waals surface area contributed by atoms with Gasteiger partial charge >= 0.3 is 0 Å². The van der Waals surface area contributed by atoms with Crippen molar-refractivity contribution in [3.63, 3.8) is 0 Å². The maximum absolute atomic E-state index is 12.1. The van der Waals surface area contributed by atoms with Crippen LogP contribution in [0.3, 0.4) is 0 Å². The van der Waals surface area contributed by atoms with Gasteiger partial charge in [0.15, 0.2) is 0 Å². The van der Waals surface area contributed by atoms with E-state index >= 15 is 0 Å². The Kier molecular flexibility index (Phi) is 6.21. The summed E-state index contributed by atoms with van der Waals surface area (Å²) >= 11 is 5.80. The lowest BCUT2D eigenvalue weighted by Crippen LogP contribution is -2.38. The fourth-order valence-electron chi connectivity index (χ4n) is 2.61. The van der Waals surface area contributed by atoms with Crippen molar-refractivity contribution in [2.45, 2.75) is 38.3 Å². The molecule has 0 spiro atoms. The normalized spacial score (nSPS) is 17.5. The molecule has 0 saturated carbocycles. The lowest BCUT2D eigenvalue weighted by Gasteiger charge is -2.22. The zero-order valence-corrected chi connectivity index (χ0v) is 13.2. The van der Waals surface area contributed by atoms with Crippen LogP contribution in [0.4, 0.5) is 0 Å². The van der Waals surface area contributed by atoms with E-state index in [9.17, 15) is 14.7 Å². The molecule has 1 aromatic rings. The third-order valence-corrected chi connectivity index (χ3v) is 4.13. The van der Waals surface area contributed by atoms with Gasteiger partial charge in [-0.3, -0.25) is 9.59 Å². The van der Waals surface area contributed by atoms with Gasteiger partial charge in [0.1, 0.15) is 0 Å². The van der Waals surface area contributed by atoms with Crippen molar-refractivity contribution < 1.29 is 14.7 Å². The molecular formula is C16H21ClN2O3. The zero-order valence-electron chi connectivity index (χ0n) is 12.4. The molecule has 1 heterocycles. The first-order valence-corrected chi connectivity index (χ1v) is 7.89. The Hall–Kier alpha value is -1.59. The van der Waals surface area contributed by atoms with Crippen molar-refractivity contribution in [2.24, 2.45) is 0 Å². The first kappa shape index (κ1) is 16.8. The Morgan fingerprint density at radius 2 is 2.00 bits per heavy atom. The van der Waals surface area contributed by atoms with Crippen molar-refractivity contribution in [2.75, 3.05) is 13.2 Å². The van der Waals surface area contributed by atoms with E-state index in [1.54, 1.807) is 17.0 Å². The highest BCUT2D eigenvalue weighted by Gasteiger charge is 2.27. The minimum absolute atomic E-state index is 0.00545. The number of rotatable bonds is 6. The van der Waals surface area contributed by atoms with Crippen LogP contribution < -0.4 is 5.32 Å². The lowest BCUT2D eigenvalue weighted by molar-refractivity contribution is -0.134. The third-order valence-electron chi connectivity index (χ3n) is 3.88. The third kappa shape index (κ3) is 4.71. The molecular weight excluding hydrogens is 304 g/mol. The molecule has 0 radical (unpaired) electrons. The molecule has 120 valence electrons. The number of halogens is 1. The van der Waals surface area contributed by atoms with Crippen molar-refractivity contribution in [3.8, 4) is 0 Å². The van der Waals surface area contributed by atoms with Gasteiger partial charge in [0.25, 0.3) is 0 Å². The van der Waals surface area contributed by atoms with E-state index in [4.69, 9.17) is 11.6 Å². The smallest absolute Gasteiger partial charge is 0.223 e. The van der Waals surface area contributed by atoms with Crippen LogP contribution in [0, 0.1) is 0 Å². The van der Waals surface area contributed by atoms with Crippen LogP contribution in [0.2, 0.25) is 5.02 Å². The summed E-state index contributed by atoms with van der Waals surface area (Å²) in [4.78, 5) is 25.5. The fourth-order valence-corrected chi connectivity index (χ4v) is 2.74. The number of carbonyl (C=O) groups excluding carboxylic acids is 2. The molecule has 0 aromatic heterocycles. The van der Waals surface area contributed by atoms with E-state index < -0.39 is 0 Å². The van der Waals surface area contributed by atoms with Crippen LogP contribution in [-0.4, -0.2) is 41.0 Å². The quantitative estimate of drug-likeness (QED) is 0.837. The van der Waals surface area contributed by atoms with Crippen LogP contribution in [0.1, 0.15) is 31.2 Å². The summed E-state index contributed by atoms with van der Waals surface area (Å²) in [6.45, 7) is 1.10. The summed E-state index contributed by atoms with van der Waals surface area (Å²) in [5.74, 6) is -0.207. The number of hydrogen-bond acceptors (Lipinski definition) is 3. The summed E-state index contributed by atoms with van der Waals surface area (Å²) in [5.41, 5.74) is 0.962. The number of carbonyl (C=O) groups is 2. The van der Waals surface area contributed by atoms with Gasteiger partial charge in [-0.1, -0.05) is 23.7 Å². The fraction of sp³-hybridized carbons (Fsp3) is 0.500. The summed E-state index contributed by atoms with van der Waals surface area (Å²) in [6, 6.07) is 7.17. The molecule has 1 fully saturated rings. The highest BCUT2D eigenvalue weighted by Crippen LogP contribution is 2.18. The summed E-state index contributed by atoms with van der Waals surface area (Å²) in [6.07, 6.45) is 2.11. The Morgan fingerprint density at radius 3 is 2.68 bits per heavy atom. The van der Waals surface area contributed by atoms with Gasteiger partial charge in [0.05, 0.1) is 12.6 Å². The largest absolute Gasteiger partial charge is 0.394 e. The first-order valence-electron chi connectivity index (χ1n) is 7.51. The zero-order chi connectivity index (χ0) is 15.9. The van der Waals surface area contributed by atoms with Gasteiger partial charge in [-0.05, 0) is 30.5 Å². The Bertz CT molecular complexity index is 519. The number of nitrogens with one attached hydrogen (secondary N) is 1. The van der Waals surface area contributed by atoms with Gasteiger partial charge < -0.3 is 15.3 Å². The molecule has 1 aliphatic rings. The molecule has 1 aromatic carbocycles. The van der Waals surface area contributed by atoms with E-state index in [0.717, 1.165) is 18.4 Å². The van der Waals surface area contributed by atoms with Crippen molar-refractivity contribution in [1.29, 1.82) is 0 Å². The van der Waals surface area contributed by atoms with Gasteiger partial charge in [-0.15, -0.1) is 0 Å². The molecule has 0 bridgehead atoms. The molecule has 6 heteroatoms. The molecule has 0 unspecified atom stereocenters. The number of hydrogen-bond donors (Lipinski definition) is 2. The molecule has 22 heavy (non-hydrogen) atoms. The van der Waals surface area contributed by atoms with Gasteiger partial charge in [-0.2, -0.15) is 0 Å². The van der Waals surface area contributed by atoms with Crippen LogP contribution in [0.5, 0.6) is 0 Å². The minimum atomic E-state index is -0.150. The predicted octanol–water partition coefficient (Wildman–Crippen LogP) is 1.72. The van der Waals surface area contributed by atoms with E-state index in [2.05, 4.69) is 5.32 Å². The van der Waals surface area contributed by atoms with E-state index in [-0.39, 0.29) is 37.3 Å². The molecule has 1 aliphatic heterocycles. The Morgan fingerprint density at radius 1 is 1.27 bits per heavy atom. The summed E-state index contributed by atoms with van der Waals surface area (Å²) in [7, 11) is 0. The second-order valence-electron chi connectivity index (χ2n) is 5.47. The second-order valence-corrected chi connectivity index (χ2v) is 5.91. The standard InChI is InChI=1S/C16H21ClN2O3/c17-13-5-3-12(4-6-13)10-18-15(21)7-8-16(22)19-9-1-2-14(19)11-20/h3-6,14,20H,1-2,7-11H2,(H,18,21)/t14-/m0/s1. The number of aliphatic hydroxyl groups excluding tert-OH is 1. The van der Waals surface area contributed by atoms with Crippen molar-refractivity contribution >= 4 is 23.4 Å².